The molecule has 2 aromatic heterocycles. The molecule has 1 aliphatic heterocycles. The zero-order chi connectivity index (χ0) is 19.7. The number of furan rings is 1. The zero-order valence-corrected chi connectivity index (χ0v) is 15.5. The molecule has 9 heteroatoms. The molecule has 4 rings (SSSR count). The third kappa shape index (κ3) is 3.80. The Morgan fingerprint density at radius 2 is 1.93 bits per heavy atom. The van der Waals surface area contributed by atoms with Crippen LogP contribution in [0.4, 0.5) is 13.2 Å². The maximum absolute atomic E-state index is 12.9. The Balaban J connectivity index is 1.41. The van der Waals surface area contributed by atoms with Gasteiger partial charge in [0.05, 0.1) is 11.8 Å². The fraction of sp³-hybridized carbons (Fsp3) is 0.316. The first-order valence-electron chi connectivity index (χ1n) is 8.75. The molecule has 0 atom stereocenters. The number of halogens is 3. The van der Waals surface area contributed by atoms with Crippen LogP contribution in [0.3, 0.4) is 0 Å². The van der Waals surface area contributed by atoms with Gasteiger partial charge in [0.2, 0.25) is 0 Å². The maximum Gasteiger partial charge on any atom is 0.416 e. The summed E-state index contributed by atoms with van der Waals surface area (Å²) >= 11 is 1.46. The number of aromatic nitrogens is 2. The molecule has 0 saturated carbocycles. The molecular weight excluding hydrogens is 391 g/mol. The van der Waals surface area contributed by atoms with Gasteiger partial charge in [0.15, 0.2) is 10.8 Å². The Kier molecular flexibility index (Phi) is 4.92. The average molecular weight is 407 g/mol. The molecule has 3 aromatic rings. The highest BCUT2D eigenvalue weighted by Gasteiger charge is 2.32. The molecule has 1 aromatic carbocycles. The fourth-order valence-corrected chi connectivity index (χ4v) is 4.22. The number of hydrogen-bond donors (Lipinski definition) is 0. The molecule has 1 aliphatic rings. The lowest BCUT2D eigenvalue weighted by Crippen LogP contribution is -2.38. The van der Waals surface area contributed by atoms with Crippen molar-refractivity contribution in [2.45, 2.75) is 24.9 Å². The van der Waals surface area contributed by atoms with Gasteiger partial charge in [0.1, 0.15) is 5.01 Å². The van der Waals surface area contributed by atoms with Crippen LogP contribution in [0.1, 0.15) is 39.7 Å². The van der Waals surface area contributed by atoms with Gasteiger partial charge in [-0.1, -0.05) is 17.4 Å². The van der Waals surface area contributed by atoms with E-state index >= 15 is 0 Å². The van der Waals surface area contributed by atoms with E-state index in [0.717, 1.165) is 17.1 Å². The number of rotatable bonds is 3. The van der Waals surface area contributed by atoms with Crippen LogP contribution in [0.2, 0.25) is 0 Å². The lowest BCUT2D eigenvalue weighted by atomic mass is 9.97. The van der Waals surface area contributed by atoms with E-state index in [1.807, 2.05) is 6.07 Å². The molecular formula is C19H16F3N3O2S. The Hall–Kier alpha value is -2.68. The van der Waals surface area contributed by atoms with E-state index in [-0.39, 0.29) is 17.4 Å². The van der Waals surface area contributed by atoms with Gasteiger partial charge >= 0.3 is 6.18 Å². The summed E-state index contributed by atoms with van der Waals surface area (Å²) in [5.74, 6) is 0.464. The molecule has 0 N–H and O–H groups in total. The second-order valence-electron chi connectivity index (χ2n) is 6.57. The van der Waals surface area contributed by atoms with Crippen LogP contribution in [0.15, 0.2) is 47.1 Å². The van der Waals surface area contributed by atoms with E-state index in [1.165, 1.54) is 23.5 Å². The molecule has 0 spiro atoms. The molecule has 1 amide bonds. The Morgan fingerprint density at radius 3 is 2.61 bits per heavy atom. The highest BCUT2D eigenvalue weighted by atomic mass is 32.1. The van der Waals surface area contributed by atoms with Crippen molar-refractivity contribution in [3.05, 3.63) is 58.8 Å². The van der Waals surface area contributed by atoms with Crippen molar-refractivity contribution >= 4 is 17.2 Å². The SMILES string of the molecule is O=C(c1cccc(C(F)(F)F)c1)N1CCC(c2nnc(-c3ccco3)s2)CC1. The van der Waals surface area contributed by atoms with Crippen molar-refractivity contribution in [3.8, 4) is 10.8 Å². The molecule has 0 aliphatic carbocycles. The number of benzene rings is 1. The van der Waals surface area contributed by atoms with Gasteiger partial charge in [-0.3, -0.25) is 4.79 Å². The van der Waals surface area contributed by atoms with E-state index in [0.29, 0.717) is 36.7 Å². The molecule has 0 bridgehead atoms. The van der Waals surface area contributed by atoms with Crippen LogP contribution in [0.25, 0.3) is 10.8 Å². The molecule has 0 radical (unpaired) electrons. The summed E-state index contributed by atoms with van der Waals surface area (Å²) in [5, 5.41) is 10.00. The smallest absolute Gasteiger partial charge is 0.416 e. The molecule has 0 unspecified atom stereocenters. The quantitative estimate of drug-likeness (QED) is 0.624. The van der Waals surface area contributed by atoms with Crippen molar-refractivity contribution in [1.82, 2.24) is 15.1 Å². The summed E-state index contributed by atoms with van der Waals surface area (Å²) in [5.41, 5.74) is -0.753. The molecule has 28 heavy (non-hydrogen) atoms. The van der Waals surface area contributed by atoms with Crippen molar-refractivity contribution < 1.29 is 22.4 Å². The Bertz CT molecular complexity index is 961. The van der Waals surface area contributed by atoms with Crippen LogP contribution < -0.4 is 0 Å². The number of nitrogens with zero attached hydrogens (tertiary/aromatic N) is 3. The van der Waals surface area contributed by atoms with E-state index in [9.17, 15) is 18.0 Å². The van der Waals surface area contributed by atoms with Gasteiger partial charge in [0, 0.05) is 24.6 Å². The summed E-state index contributed by atoms with van der Waals surface area (Å²) in [4.78, 5) is 14.2. The predicted molar refractivity (Wildman–Crippen MR) is 96.9 cm³/mol. The predicted octanol–water partition coefficient (Wildman–Crippen LogP) is 4.84. The number of carbonyl (C=O) groups excluding carboxylic acids is 1. The topological polar surface area (TPSA) is 59.2 Å². The molecule has 1 fully saturated rings. The first kappa shape index (κ1) is 18.7. The normalized spacial score (nSPS) is 15.8. The Labute approximate surface area is 162 Å². The molecule has 1 saturated heterocycles. The third-order valence-corrected chi connectivity index (χ3v) is 5.84. The standard InChI is InChI=1S/C19H16F3N3O2S/c20-19(21,22)14-4-1-3-13(11-14)18(26)25-8-6-12(7-9-25)16-23-24-17(28-16)15-5-2-10-27-15/h1-5,10-12H,6-9H2. The van der Waals surface area contributed by atoms with Crippen molar-refractivity contribution in [2.24, 2.45) is 0 Å². The minimum Gasteiger partial charge on any atom is -0.462 e. The van der Waals surface area contributed by atoms with Crippen LogP contribution in [-0.2, 0) is 6.18 Å². The summed E-state index contributed by atoms with van der Waals surface area (Å²) in [6.07, 6.45) is -1.50. The highest BCUT2D eigenvalue weighted by Crippen LogP contribution is 2.34. The molecule has 3 heterocycles. The summed E-state index contributed by atoms with van der Waals surface area (Å²) in [6, 6.07) is 8.17. The first-order valence-corrected chi connectivity index (χ1v) is 9.57. The van der Waals surface area contributed by atoms with Crippen molar-refractivity contribution in [1.29, 1.82) is 0 Å². The second kappa shape index (κ2) is 7.38. The number of hydrogen-bond acceptors (Lipinski definition) is 5. The van der Waals surface area contributed by atoms with E-state index < -0.39 is 11.7 Å². The van der Waals surface area contributed by atoms with Gasteiger partial charge in [0.25, 0.3) is 5.91 Å². The van der Waals surface area contributed by atoms with Crippen LogP contribution in [-0.4, -0.2) is 34.1 Å². The number of alkyl halides is 3. The van der Waals surface area contributed by atoms with E-state index in [2.05, 4.69) is 10.2 Å². The van der Waals surface area contributed by atoms with Crippen LogP contribution >= 0.6 is 11.3 Å². The first-order chi connectivity index (χ1) is 13.4. The minimum absolute atomic E-state index is 0.0595. The second-order valence-corrected chi connectivity index (χ2v) is 7.58. The van der Waals surface area contributed by atoms with Crippen LogP contribution in [0.5, 0.6) is 0 Å². The summed E-state index contributed by atoms with van der Waals surface area (Å²) in [7, 11) is 0. The van der Waals surface area contributed by atoms with Gasteiger partial charge < -0.3 is 9.32 Å². The largest absolute Gasteiger partial charge is 0.462 e. The molecule has 5 nitrogen and oxygen atoms in total. The lowest BCUT2D eigenvalue weighted by molar-refractivity contribution is -0.137. The number of piperidine rings is 1. The average Bonchev–Trinajstić information content (AvgIpc) is 3.39. The maximum atomic E-state index is 12.9. The third-order valence-electron chi connectivity index (χ3n) is 4.74. The van der Waals surface area contributed by atoms with Crippen molar-refractivity contribution in [2.75, 3.05) is 13.1 Å². The van der Waals surface area contributed by atoms with Gasteiger partial charge in [-0.25, -0.2) is 0 Å². The van der Waals surface area contributed by atoms with Gasteiger partial charge in [-0.05, 0) is 43.2 Å². The lowest BCUT2D eigenvalue weighted by Gasteiger charge is -2.31. The Morgan fingerprint density at radius 1 is 1.14 bits per heavy atom. The zero-order valence-electron chi connectivity index (χ0n) is 14.6. The number of likely N-dealkylation sites (tertiary alicyclic amines) is 1. The highest BCUT2D eigenvalue weighted by molar-refractivity contribution is 7.14. The monoisotopic (exact) mass is 407 g/mol. The van der Waals surface area contributed by atoms with Crippen molar-refractivity contribution in [3.63, 3.8) is 0 Å². The summed E-state index contributed by atoms with van der Waals surface area (Å²) < 4.78 is 43.9. The van der Waals surface area contributed by atoms with Crippen LogP contribution in [0, 0.1) is 0 Å². The summed E-state index contributed by atoms with van der Waals surface area (Å²) in [6.45, 7) is 0.935. The van der Waals surface area contributed by atoms with Gasteiger partial charge in [-0.2, -0.15) is 13.2 Å². The minimum atomic E-state index is -4.47. The van der Waals surface area contributed by atoms with Gasteiger partial charge in [-0.15, -0.1) is 10.2 Å². The number of carbonyl (C=O) groups is 1. The molecule has 146 valence electrons. The van der Waals surface area contributed by atoms with E-state index in [1.54, 1.807) is 17.2 Å². The fourth-order valence-electron chi connectivity index (χ4n) is 3.24. The number of amides is 1. The van der Waals surface area contributed by atoms with E-state index in [4.69, 9.17) is 4.42 Å².